The Bertz CT molecular complexity index is 185. The number of methoxy groups -OCH3 is 1. The van der Waals surface area contributed by atoms with Gasteiger partial charge in [-0.3, -0.25) is 0 Å². The molecule has 0 atom stereocenters. The highest BCUT2D eigenvalue weighted by Gasteiger charge is 1.94. The molecule has 0 aliphatic carbocycles. The number of thiazole rings is 1. The van der Waals surface area contributed by atoms with Gasteiger partial charge in [-0.15, -0.1) is 11.3 Å². The summed E-state index contributed by atoms with van der Waals surface area (Å²) in [5, 5.41) is 3.07. The minimum Gasteiger partial charge on any atom is -0.378 e. The molecule has 0 amide bonds. The Morgan fingerprint density at radius 2 is 2.40 bits per heavy atom. The molecule has 1 rings (SSSR count). The fourth-order valence-corrected chi connectivity index (χ4v) is 1.33. The van der Waals surface area contributed by atoms with E-state index < -0.39 is 0 Å². The zero-order valence-electron chi connectivity index (χ0n) is 5.55. The third kappa shape index (κ3) is 2.45. The summed E-state index contributed by atoms with van der Waals surface area (Å²) in [5.74, 6) is 0. The molecule has 1 aromatic rings. The molecular formula is C7H13NOS. The van der Waals surface area contributed by atoms with Crippen LogP contribution in [0.4, 0.5) is 0 Å². The topological polar surface area (TPSA) is 22.1 Å². The molecule has 0 unspecified atom stereocenters. The Hall–Kier alpha value is -0.410. The average molecular weight is 159 g/mol. The van der Waals surface area contributed by atoms with Crippen LogP contribution < -0.4 is 0 Å². The normalized spacial score (nSPS) is 9.00. The van der Waals surface area contributed by atoms with Crippen molar-refractivity contribution in [2.45, 2.75) is 21.0 Å². The second kappa shape index (κ2) is 4.41. The molecule has 0 fully saturated rings. The molecule has 1 heterocycles. The van der Waals surface area contributed by atoms with Gasteiger partial charge in [0, 0.05) is 18.2 Å². The van der Waals surface area contributed by atoms with E-state index in [1.54, 1.807) is 18.4 Å². The number of rotatable bonds is 2. The van der Waals surface area contributed by atoms with Gasteiger partial charge in [-0.2, -0.15) is 0 Å². The van der Waals surface area contributed by atoms with Gasteiger partial charge in [0.25, 0.3) is 0 Å². The maximum Gasteiger partial charge on any atom is 0.119 e. The molecule has 10 heavy (non-hydrogen) atoms. The van der Waals surface area contributed by atoms with E-state index in [0.717, 1.165) is 10.7 Å². The van der Waals surface area contributed by atoms with Crippen molar-refractivity contribution in [3.63, 3.8) is 0 Å². The highest BCUT2D eigenvalue weighted by atomic mass is 32.1. The maximum absolute atomic E-state index is 4.89. The smallest absolute Gasteiger partial charge is 0.119 e. The highest BCUT2D eigenvalue weighted by Crippen LogP contribution is 2.08. The van der Waals surface area contributed by atoms with Gasteiger partial charge in [0.2, 0.25) is 0 Å². The number of nitrogens with zero attached hydrogens (tertiary/aromatic N) is 1. The molecule has 0 aliphatic heterocycles. The van der Waals surface area contributed by atoms with Crippen LogP contribution in [0.15, 0.2) is 5.38 Å². The van der Waals surface area contributed by atoms with Crippen LogP contribution in [0.25, 0.3) is 0 Å². The van der Waals surface area contributed by atoms with Gasteiger partial charge in [-0.1, -0.05) is 7.43 Å². The van der Waals surface area contributed by atoms with Crippen molar-refractivity contribution in [2.75, 3.05) is 7.11 Å². The first-order chi connectivity index (χ1) is 4.33. The Kier molecular flexibility index (Phi) is 4.23. The summed E-state index contributed by atoms with van der Waals surface area (Å²) in [7, 11) is 1.68. The van der Waals surface area contributed by atoms with E-state index in [9.17, 15) is 0 Å². The van der Waals surface area contributed by atoms with Crippen LogP contribution >= 0.6 is 11.3 Å². The molecule has 2 nitrogen and oxygen atoms in total. The SMILES string of the molecule is C.COCc1nc(C)cs1. The predicted molar refractivity (Wildman–Crippen MR) is 44.3 cm³/mol. The van der Waals surface area contributed by atoms with E-state index in [4.69, 9.17) is 4.74 Å². The molecule has 0 aromatic carbocycles. The standard InChI is InChI=1S/C6H9NOS.CH4/c1-5-4-9-6(7-5)3-8-2;/h4H,3H2,1-2H3;1H4. The summed E-state index contributed by atoms with van der Waals surface area (Å²) < 4.78 is 4.89. The predicted octanol–water partition coefficient (Wildman–Crippen LogP) is 2.23. The third-order valence-corrected chi connectivity index (χ3v) is 1.87. The molecule has 0 saturated carbocycles. The molecule has 0 spiro atoms. The largest absolute Gasteiger partial charge is 0.378 e. The van der Waals surface area contributed by atoms with Crippen molar-refractivity contribution < 1.29 is 4.74 Å². The second-order valence-electron chi connectivity index (χ2n) is 1.82. The number of ether oxygens (including phenoxy) is 1. The molecule has 0 bridgehead atoms. The van der Waals surface area contributed by atoms with E-state index in [-0.39, 0.29) is 7.43 Å². The number of hydrogen-bond donors (Lipinski definition) is 0. The van der Waals surface area contributed by atoms with Crippen molar-refractivity contribution in [2.24, 2.45) is 0 Å². The highest BCUT2D eigenvalue weighted by molar-refractivity contribution is 7.09. The lowest BCUT2D eigenvalue weighted by Crippen LogP contribution is -1.84. The van der Waals surface area contributed by atoms with Crippen LogP contribution in [0.5, 0.6) is 0 Å². The Balaban J connectivity index is 0.000000810. The lowest BCUT2D eigenvalue weighted by atomic mass is 10.6. The van der Waals surface area contributed by atoms with Gasteiger partial charge in [-0.05, 0) is 6.92 Å². The number of aryl methyl sites for hydroxylation is 1. The monoisotopic (exact) mass is 159 g/mol. The van der Waals surface area contributed by atoms with Gasteiger partial charge in [0.05, 0.1) is 6.61 Å². The molecule has 0 aliphatic rings. The zero-order chi connectivity index (χ0) is 6.69. The van der Waals surface area contributed by atoms with Crippen molar-refractivity contribution in [3.8, 4) is 0 Å². The van der Waals surface area contributed by atoms with Crippen LogP contribution in [0, 0.1) is 6.92 Å². The van der Waals surface area contributed by atoms with Gasteiger partial charge >= 0.3 is 0 Å². The summed E-state index contributed by atoms with van der Waals surface area (Å²) in [4.78, 5) is 4.19. The van der Waals surface area contributed by atoms with Crippen molar-refractivity contribution >= 4 is 11.3 Å². The zero-order valence-corrected chi connectivity index (χ0v) is 6.36. The lowest BCUT2D eigenvalue weighted by molar-refractivity contribution is 0.184. The van der Waals surface area contributed by atoms with Crippen molar-refractivity contribution in [1.82, 2.24) is 4.98 Å². The van der Waals surface area contributed by atoms with Gasteiger partial charge in [0.1, 0.15) is 5.01 Å². The lowest BCUT2D eigenvalue weighted by Gasteiger charge is -1.88. The summed E-state index contributed by atoms with van der Waals surface area (Å²) >= 11 is 1.64. The first-order valence-corrected chi connectivity index (χ1v) is 3.61. The van der Waals surface area contributed by atoms with Gasteiger partial charge < -0.3 is 4.74 Å². The number of aromatic nitrogens is 1. The minimum atomic E-state index is 0. The Labute approximate surface area is 65.9 Å². The van der Waals surface area contributed by atoms with Gasteiger partial charge in [0.15, 0.2) is 0 Å². The van der Waals surface area contributed by atoms with Crippen LogP contribution in [-0.4, -0.2) is 12.1 Å². The molecule has 0 radical (unpaired) electrons. The Morgan fingerprint density at radius 1 is 1.70 bits per heavy atom. The molecule has 58 valence electrons. The summed E-state index contributed by atoms with van der Waals surface area (Å²) in [6, 6.07) is 0. The first kappa shape index (κ1) is 9.59. The van der Waals surface area contributed by atoms with E-state index in [2.05, 4.69) is 4.98 Å². The van der Waals surface area contributed by atoms with Crippen molar-refractivity contribution in [1.29, 1.82) is 0 Å². The van der Waals surface area contributed by atoms with E-state index in [1.165, 1.54) is 0 Å². The molecule has 0 N–H and O–H groups in total. The van der Waals surface area contributed by atoms with Crippen LogP contribution in [0.3, 0.4) is 0 Å². The molecule has 3 heteroatoms. The summed E-state index contributed by atoms with van der Waals surface area (Å²) in [6.07, 6.45) is 0. The fraction of sp³-hybridized carbons (Fsp3) is 0.571. The number of hydrogen-bond acceptors (Lipinski definition) is 3. The van der Waals surface area contributed by atoms with E-state index in [1.807, 2.05) is 12.3 Å². The third-order valence-electron chi connectivity index (χ3n) is 0.934. The molecular weight excluding hydrogens is 146 g/mol. The van der Waals surface area contributed by atoms with Crippen LogP contribution in [-0.2, 0) is 11.3 Å². The summed E-state index contributed by atoms with van der Waals surface area (Å²) in [5.41, 5.74) is 1.08. The molecule has 1 aromatic heterocycles. The van der Waals surface area contributed by atoms with Crippen LogP contribution in [0.1, 0.15) is 18.1 Å². The van der Waals surface area contributed by atoms with Crippen molar-refractivity contribution in [3.05, 3.63) is 16.1 Å². The minimum absolute atomic E-state index is 0. The fourth-order valence-electron chi connectivity index (χ4n) is 0.592. The maximum atomic E-state index is 4.89. The Morgan fingerprint density at radius 3 is 2.80 bits per heavy atom. The second-order valence-corrected chi connectivity index (χ2v) is 2.76. The quantitative estimate of drug-likeness (QED) is 0.660. The van der Waals surface area contributed by atoms with Crippen LogP contribution in [0.2, 0.25) is 0 Å². The molecule has 0 saturated heterocycles. The van der Waals surface area contributed by atoms with E-state index >= 15 is 0 Å². The average Bonchev–Trinajstić information content (AvgIpc) is 2.17. The first-order valence-electron chi connectivity index (χ1n) is 2.73. The van der Waals surface area contributed by atoms with E-state index in [0.29, 0.717) is 6.61 Å². The van der Waals surface area contributed by atoms with Gasteiger partial charge in [-0.25, -0.2) is 4.98 Å². The summed E-state index contributed by atoms with van der Waals surface area (Å²) in [6.45, 7) is 2.62.